The van der Waals surface area contributed by atoms with Crippen LogP contribution in [0.15, 0.2) is 70.2 Å². The largest absolute Gasteiger partial charge is 0.438 e. The number of amides is 1. The SMILES string of the molecule is Cc1cc(-n2nc3c(c2-c2nc(-c4ccc5c(cnn5C)c4F)cn2C)[C@H](C)N(C(=O)c2cc4cc([C@H]5CCOC(C)(C)C5)ccc4n2[C@@]2(c4noc(=O)[nH]4)C[C@@H]2C)CC3)cc(C)c1F. The number of aromatic nitrogens is 9. The molecule has 2 fully saturated rings. The second kappa shape index (κ2) is 14.4. The molecular weight excluding hydrogens is 831 g/mol. The van der Waals surface area contributed by atoms with Crippen molar-refractivity contribution in [3.05, 3.63) is 123 Å². The number of halogens is 2. The fourth-order valence-corrected chi connectivity index (χ4v) is 10.9. The summed E-state index contributed by atoms with van der Waals surface area (Å²) in [7, 11) is 3.62. The molecule has 11 rings (SSSR count). The molecule has 2 aliphatic heterocycles. The van der Waals surface area contributed by atoms with Crippen molar-refractivity contribution in [2.24, 2.45) is 20.0 Å². The zero-order valence-electron chi connectivity index (χ0n) is 37.7. The lowest BCUT2D eigenvalue weighted by Gasteiger charge is -2.35. The van der Waals surface area contributed by atoms with Gasteiger partial charge in [0.05, 0.1) is 45.8 Å². The van der Waals surface area contributed by atoms with Gasteiger partial charge in [-0.1, -0.05) is 18.1 Å². The molecule has 1 N–H and O–H groups in total. The van der Waals surface area contributed by atoms with Crippen molar-refractivity contribution in [1.29, 1.82) is 0 Å². The van der Waals surface area contributed by atoms with Crippen LogP contribution >= 0.6 is 0 Å². The zero-order valence-corrected chi connectivity index (χ0v) is 37.7. The number of aromatic amines is 1. The molecule has 1 saturated heterocycles. The van der Waals surface area contributed by atoms with E-state index in [9.17, 15) is 4.79 Å². The van der Waals surface area contributed by atoms with Gasteiger partial charge in [0, 0.05) is 61.9 Å². The van der Waals surface area contributed by atoms with Crippen LogP contribution in [0.3, 0.4) is 0 Å². The Morgan fingerprint density at radius 3 is 2.43 bits per heavy atom. The zero-order chi connectivity index (χ0) is 45.4. The molecule has 5 aromatic heterocycles. The van der Waals surface area contributed by atoms with Crippen LogP contribution in [0.2, 0.25) is 0 Å². The highest BCUT2D eigenvalue weighted by atomic mass is 19.1. The summed E-state index contributed by atoms with van der Waals surface area (Å²) in [5.41, 5.74) is 6.58. The van der Waals surface area contributed by atoms with Crippen molar-refractivity contribution in [2.45, 2.75) is 90.3 Å². The van der Waals surface area contributed by atoms with E-state index >= 15 is 13.6 Å². The van der Waals surface area contributed by atoms with Crippen LogP contribution in [-0.4, -0.2) is 73.4 Å². The number of hydrogen-bond donors (Lipinski definition) is 1. The maximum absolute atomic E-state index is 16.2. The number of nitrogens with one attached hydrogen (secondary N) is 1. The Bertz CT molecular complexity index is 3310. The van der Waals surface area contributed by atoms with E-state index in [0.717, 1.165) is 35.0 Å². The van der Waals surface area contributed by atoms with E-state index in [0.29, 0.717) is 88.0 Å². The molecule has 8 aromatic rings. The topological polar surface area (TPSA) is 147 Å². The number of nitrogens with zero attached hydrogens (tertiary/aromatic N) is 9. The number of ether oxygens (including phenoxy) is 1. The van der Waals surface area contributed by atoms with E-state index in [4.69, 9.17) is 19.3 Å². The standard InChI is InChI=1S/C49H50F2N10O4/c1-25-17-32(18-26(2)41(25)50)61-43(44-53-36(24-57(44)7)33-10-12-38-34(42(33)51)23-52-58(38)8)40-28(4)59(15-13-35(40)55-61)45(62)39-20-31-19-29(30-14-16-64-48(5,6)22-30)9-11-37(31)60(39)49(21-27(49)3)46-54-47(63)65-56-46/h9-12,17-20,23-24,27-28,30H,13-16,21-22H2,1-8H3,(H,54,56,63)/t27-,28-,30-,49-/m0/s1. The van der Waals surface area contributed by atoms with Gasteiger partial charge in [0.1, 0.15) is 28.6 Å². The maximum Gasteiger partial charge on any atom is 0.438 e. The molecular formula is C49H50F2N10O4. The third kappa shape index (κ3) is 6.27. The van der Waals surface area contributed by atoms with E-state index in [1.54, 1.807) is 54.7 Å². The van der Waals surface area contributed by atoms with E-state index in [2.05, 4.69) is 58.8 Å². The summed E-state index contributed by atoms with van der Waals surface area (Å²) in [6.45, 7) is 12.8. The molecule has 7 heterocycles. The van der Waals surface area contributed by atoms with E-state index < -0.39 is 23.2 Å². The lowest BCUT2D eigenvalue weighted by Crippen LogP contribution is -2.41. The third-order valence-corrected chi connectivity index (χ3v) is 14.4. The number of aryl methyl sites for hydroxylation is 4. The molecule has 1 amide bonds. The first-order chi connectivity index (χ1) is 31.0. The normalized spacial score (nSPS) is 21.7. The Hall–Kier alpha value is -6.68. The second-order valence-corrected chi connectivity index (χ2v) is 19.1. The Labute approximate surface area is 372 Å². The highest BCUT2D eigenvalue weighted by molar-refractivity contribution is 6.00. The molecule has 334 valence electrons. The first-order valence-electron chi connectivity index (χ1n) is 22.2. The molecule has 0 unspecified atom stereocenters. The van der Waals surface area contributed by atoms with Gasteiger partial charge >= 0.3 is 5.76 Å². The van der Waals surface area contributed by atoms with Gasteiger partial charge in [0.25, 0.3) is 5.91 Å². The van der Waals surface area contributed by atoms with Crippen molar-refractivity contribution in [3.63, 3.8) is 0 Å². The van der Waals surface area contributed by atoms with E-state index in [1.165, 1.54) is 11.8 Å². The van der Waals surface area contributed by atoms with Gasteiger partial charge in [-0.3, -0.25) is 19.0 Å². The van der Waals surface area contributed by atoms with Gasteiger partial charge in [-0.15, -0.1) is 0 Å². The average Bonchev–Trinajstić information content (AvgIpc) is 3.90. The van der Waals surface area contributed by atoms with Crippen LogP contribution in [-0.2, 0) is 30.8 Å². The van der Waals surface area contributed by atoms with Gasteiger partial charge < -0.3 is 18.8 Å². The molecule has 14 nitrogen and oxygen atoms in total. The summed E-state index contributed by atoms with van der Waals surface area (Å²) >= 11 is 0. The lowest BCUT2D eigenvalue weighted by molar-refractivity contribution is -0.0592. The summed E-state index contributed by atoms with van der Waals surface area (Å²) in [6, 6.07) is 15.0. The number of benzene rings is 3. The van der Waals surface area contributed by atoms with Gasteiger partial charge in [-0.25, -0.2) is 23.2 Å². The third-order valence-electron chi connectivity index (χ3n) is 14.4. The van der Waals surface area contributed by atoms with Crippen molar-refractivity contribution < 1.29 is 22.8 Å². The molecule has 0 spiro atoms. The predicted molar refractivity (Wildman–Crippen MR) is 240 cm³/mol. The molecule has 1 saturated carbocycles. The lowest BCUT2D eigenvalue weighted by atomic mass is 9.83. The Kier molecular flexibility index (Phi) is 9.10. The summed E-state index contributed by atoms with van der Waals surface area (Å²) in [4.78, 5) is 37.8. The number of H-pyrrole nitrogens is 1. The Morgan fingerprint density at radius 1 is 0.969 bits per heavy atom. The summed E-state index contributed by atoms with van der Waals surface area (Å²) < 4.78 is 49.8. The molecule has 0 bridgehead atoms. The van der Waals surface area contributed by atoms with Crippen molar-refractivity contribution in [1.82, 2.24) is 48.7 Å². The van der Waals surface area contributed by atoms with Gasteiger partial charge in [-0.2, -0.15) is 10.2 Å². The Morgan fingerprint density at radius 2 is 1.72 bits per heavy atom. The van der Waals surface area contributed by atoms with Crippen LogP contribution in [0, 0.1) is 31.4 Å². The van der Waals surface area contributed by atoms with Gasteiger partial charge in [-0.05, 0) is 125 Å². The highest BCUT2D eigenvalue weighted by Crippen LogP contribution is 2.56. The van der Waals surface area contributed by atoms with E-state index in [-0.39, 0.29) is 29.2 Å². The first-order valence-corrected chi connectivity index (χ1v) is 22.2. The van der Waals surface area contributed by atoms with Crippen LogP contribution in [0.5, 0.6) is 0 Å². The molecule has 65 heavy (non-hydrogen) atoms. The van der Waals surface area contributed by atoms with E-state index in [1.807, 2.05) is 35.6 Å². The summed E-state index contributed by atoms with van der Waals surface area (Å²) in [5, 5.41) is 14.9. The van der Waals surface area contributed by atoms with Crippen LogP contribution < -0.4 is 5.76 Å². The molecule has 3 aromatic carbocycles. The molecule has 4 atom stereocenters. The fraction of sp³-hybridized carbons (Fsp3) is 0.388. The molecule has 3 aliphatic rings. The van der Waals surface area contributed by atoms with Crippen molar-refractivity contribution in [3.8, 4) is 28.5 Å². The smallest absolute Gasteiger partial charge is 0.376 e. The van der Waals surface area contributed by atoms with Crippen LogP contribution in [0.4, 0.5) is 8.78 Å². The fourth-order valence-electron chi connectivity index (χ4n) is 10.9. The van der Waals surface area contributed by atoms with Crippen LogP contribution in [0.25, 0.3) is 50.3 Å². The number of imidazole rings is 1. The number of carbonyl (C=O) groups excluding carboxylic acids is 1. The summed E-state index contributed by atoms with van der Waals surface area (Å²) in [5.74, 6) is -0.382. The second-order valence-electron chi connectivity index (χ2n) is 19.1. The highest BCUT2D eigenvalue weighted by Gasteiger charge is 2.59. The number of hydrogen-bond acceptors (Lipinski definition) is 8. The number of rotatable bonds is 7. The minimum Gasteiger partial charge on any atom is -0.376 e. The summed E-state index contributed by atoms with van der Waals surface area (Å²) in [6.07, 6.45) is 6.14. The minimum absolute atomic E-state index is 0.0283. The Balaban J connectivity index is 1.06. The monoisotopic (exact) mass is 880 g/mol. The van der Waals surface area contributed by atoms with Gasteiger partial charge in [0.15, 0.2) is 11.6 Å². The minimum atomic E-state index is -0.822. The molecule has 1 aliphatic carbocycles. The van der Waals surface area contributed by atoms with Crippen molar-refractivity contribution >= 4 is 27.7 Å². The molecule has 16 heteroatoms. The first kappa shape index (κ1) is 41.1. The number of carbonyl (C=O) groups is 1. The average molecular weight is 881 g/mol. The van der Waals surface area contributed by atoms with Crippen molar-refractivity contribution in [2.75, 3.05) is 13.2 Å². The maximum atomic E-state index is 16.2. The number of fused-ring (bicyclic) bond motifs is 3. The van der Waals surface area contributed by atoms with Crippen LogP contribution in [0.1, 0.15) is 103 Å². The quantitative estimate of drug-likeness (QED) is 0.168. The predicted octanol–water partition coefficient (Wildman–Crippen LogP) is 8.57. The van der Waals surface area contributed by atoms with Gasteiger partial charge in [0.2, 0.25) is 0 Å². The molecule has 0 radical (unpaired) electrons.